The van der Waals surface area contributed by atoms with Crippen LogP contribution in [0.1, 0.15) is 26.2 Å². The lowest BCUT2D eigenvalue weighted by Crippen LogP contribution is -2.30. The minimum absolute atomic E-state index is 0.0877. The van der Waals surface area contributed by atoms with Crippen molar-refractivity contribution in [3.63, 3.8) is 0 Å². The minimum atomic E-state index is -0.0877. The van der Waals surface area contributed by atoms with Crippen LogP contribution in [-0.4, -0.2) is 37.1 Å². The third kappa shape index (κ3) is 2.48. The van der Waals surface area contributed by atoms with Gasteiger partial charge in [0.1, 0.15) is 6.61 Å². The van der Waals surface area contributed by atoms with E-state index in [-0.39, 0.29) is 5.97 Å². The molecule has 0 bridgehead atoms. The predicted molar refractivity (Wildman–Crippen MR) is 46.9 cm³/mol. The number of likely N-dealkylation sites (tertiary alicyclic amines) is 1. The van der Waals surface area contributed by atoms with Gasteiger partial charge in [-0.25, -0.2) is 0 Å². The first-order chi connectivity index (χ1) is 5.74. The molecule has 3 nitrogen and oxygen atoms in total. The van der Waals surface area contributed by atoms with Gasteiger partial charge in [0.15, 0.2) is 0 Å². The number of likely N-dealkylation sites (N-methyl/N-ethyl adjacent to an activating group) is 1. The first-order valence-corrected chi connectivity index (χ1v) is 4.60. The zero-order valence-corrected chi connectivity index (χ0v) is 7.88. The quantitative estimate of drug-likeness (QED) is 0.594. The van der Waals surface area contributed by atoms with Gasteiger partial charge in [0.05, 0.1) is 0 Å². The average Bonchev–Trinajstić information content (AvgIpc) is 2.47. The van der Waals surface area contributed by atoms with Crippen molar-refractivity contribution in [2.24, 2.45) is 0 Å². The third-order valence-electron chi connectivity index (χ3n) is 2.40. The number of esters is 1. The molecule has 0 unspecified atom stereocenters. The van der Waals surface area contributed by atoms with Crippen LogP contribution >= 0.6 is 0 Å². The number of nitrogens with zero attached hydrogens (tertiary/aromatic N) is 1. The number of carbonyl (C=O) groups is 1. The van der Waals surface area contributed by atoms with Crippen LogP contribution in [0.2, 0.25) is 0 Å². The van der Waals surface area contributed by atoms with Gasteiger partial charge in [0, 0.05) is 12.5 Å². The van der Waals surface area contributed by atoms with E-state index in [0.29, 0.717) is 19.1 Å². The molecule has 1 heterocycles. The molecule has 0 aromatic heterocycles. The van der Waals surface area contributed by atoms with E-state index < -0.39 is 0 Å². The van der Waals surface area contributed by atoms with Crippen LogP contribution in [0.4, 0.5) is 0 Å². The molecule has 12 heavy (non-hydrogen) atoms. The Morgan fingerprint density at radius 3 is 2.92 bits per heavy atom. The van der Waals surface area contributed by atoms with Gasteiger partial charge in [-0.2, -0.15) is 0 Å². The summed E-state index contributed by atoms with van der Waals surface area (Å²) in [7, 11) is 2.08. The highest BCUT2D eigenvalue weighted by molar-refractivity contribution is 5.68. The molecule has 1 aliphatic rings. The summed E-state index contributed by atoms with van der Waals surface area (Å²) in [6, 6.07) is 0.459. The second-order valence-corrected chi connectivity index (χ2v) is 3.31. The zero-order chi connectivity index (χ0) is 8.97. The van der Waals surface area contributed by atoms with E-state index in [4.69, 9.17) is 4.74 Å². The first-order valence-electron chi connectivity index (χ1n) is 4.60. The number of rotatable bonds is 3. The van der Waals surface area contributed by atoms with Crippen LogP contribution in [0.3, 0.4) is 0 Å². The van der Waals surface area contributed by atoms with Crippen LogP contribution in [0, 0.1) is 0 Å². The summed E-state index contributed by atoms with van der Waals surface area (Å²) < 4.78 is 5.06. The monoisotopic (exact) mass is 171 g/mol. The summed E-state index contributed by atoms with van der Waals surface area (Å²) in [5.41, 5.74) is 0. The van der Waals surface area contributed by atoms with Gasteiger partial charge in [-0.05, 0) is 26.4 Å². The van der Waals surface area contributed by atoms with Crippen LogP contribution < -0.4 is 0 Å². The number of hydrogen-bond donors (Lipinski definition) is 0. The fourth-order valence-electron chi connectivity index (χ4n) is 1.48. The Kier molecular flexibility index (Phi) is 3.53. The van der Waals surface area contributed by atoms with Gasteiger partial charge in [-0.1, -0.05) is 6.92 Å². The molecule has 0 spiro atoms. The Balaban J connectivity index is 2.18. The molecule has 0 saturated carbocycles. The minimum Gasteiger partial charge on any atom is -0.464 e. The largest absolute Gasteiger partial charge is 0.464 e. The molecule has 0 radical (unpaired) electrons. The molecule has 0 N–H and O–H groups in total. The van der Waals surface area contributed by atoms with Gasteiger partial charge in [0.25, 0.3) is 0 Å². The van der Waals surface area contributed by atoms with E-state index in [2.05, 4.69) is 11.9 Å². The van der Waals surface area contributed by atoms with E-state index in [1.807, 2.05) is 6.92 Å². The maximum absolute atomic E-state index is 10.8. The van der Waals surface area contributed by atoms with E-state index in [1.165, 1.54) is 6.42 Å². The lowest BCUT2D eigenvalue weighted by atomic mass is 10.2. The van der Waals surface area contributed by atoms with Crippen molar-refractivity contribution in [3.05, 3.63) is 0 Å². The lowest BCUT2D eigenvalue weighted by molar-refractivity contribution is -0.144. The zero-order valence-electron chi connectivity index (χ0n) is 7.88. The Morgan fingerprint density at radius 1 is 1.67 bits per heavy atom. The van der Waals surface area contributed by atoms with Gasteiger partial charge in [-0.3, -0.25) is 4.79 Å². The molecule has 1 atom stereocenters. The Labute approximate surface area is 73.7 Å². The maximum atomic E-state index is 10.8. The molecule has 1 rings (SSSR count). The highest BCUT2D eigenvalue weighted by Crippen LogP contribution is 2.14. The molecule has 1 saturated heterocycles. The summed E-state index contributed by atoms with van der Waals surface area (Å²) in [4.78, 5) is 13.1. The van der Waals surface area contributed by atoms with Crippen LogP contribution in [0.5, 0.6) is 0 Å². The van der Waals surface area contributed by atoms with Crippen LogP contribution in [-0.2, 0) is 9.53 Å². The smallest absolute Gasteiger partial charge is 0.305 e. The van der Waals surface area contributed by atoms with Gasteiger partial charge in [0.2, 0.25) is 0 Å². The lowest BCUT2D eigenvalue weighted by Gasteiger charge is -2.18. The first kappa shape index (κ1) is 9.52. The number of hydrogen-bond acceptors (Lipinski definition) is 3. The second kappa shape index (κ2) is 4.45. The third-order valence-corrected chi connectivity index (χ3v) is 2.40. The molecule has 0 aliphatic carbocycles. The van der Waals surface area contributed by atoms with Gasteiger partial charge >= 0.3 is 5.97 Å². The highest BCUT2D eigenvalue weighted by Gasteiger charge is 2.21. The molecule has 0 aromatic rings. The fraction of sp³-hybridized carbons (Fsp3) is 0.889. The molecule has 1 fully saturated rings. The molecule has 0 amide bonds. The highest BCUT2D eigenvalue weighted by atomic mass is 16.5. The van der Waals surface area contributed by atoms with Crippen molar-refractivity contribution in [1.29, 1.82) is 0 Å². The summed E-state index contributed by atoms with van der Waals surface area (Å²) in [6.07, 6.45) is 2.87. The van der Waals surface area contributed by atoms with Gasteiger partial charge in [-0.15, -0.1) is 0 Å². The molecular formula is C9H17NO2. The predicted octanol–water partition coefficient (Wildman–Crippen LogP) is 1.03. The van der Waals surface area contributed by atoms with Crippen LogP contribution in [0.25, 0.3) is 0 Å². The molecule has 3 heteroatoms. The fourth-order valence-corrected chi connectivity index (χ4v) is 1.48. The average molecular weight is 171 g/mol. The Hall–Kier alpha value is -0.570. The molecule has 0 aromatic carbocycles. The normalized spacial score (nSPS) is 24.3. The van der Waals surface area contributed by atoms with Crippen LogP contribution in [0.15, 0.2) is 0 Å². The summed E-state index contributed by atoms with van der Waals surface area (Å²) >= 11 is 0. The summed E-state index contributed by atoms with van der Waals surface area (Å²) in [5.74, 6) is -0.0877. The maximum Gasteiger partial charge on any atom is 0.305 e. The number of carbonyl (C=O) groups excluding carboxylic acids is 1. The standard InChI is InChI=1S/C9H17NO2/c1-3-9(11)12-7-8-5-4-6-10(8)2/h8H,3-7H2,1-2H3/t8-/m1/s1. The van der Waals surface area contributed by atoms with E-state index >= 15 is 0 Å². The summed E-state index contributed by atoms with van der Waals surface area (Å²) in [5, 5.41) is 0. The molecular weight excluding hydrogens is 154 g/mol. The van der Waals surface area contributed by atoms with Gasteiger partial charge < -0.3 is 9.64 Å². The van der Waals surface area contributed by atoms with E-state index in [1.54, 1.807) is 0 Å². The number of ether oxygens (including phenoxy) is 1. The van der Waals surface area contributed by atoms with Crippen molar-refractivity contribution in [2.45, 2.75) is 32.2 Å². The summed E-state index contributed by atoms with van der Waals surface area (Å²) in [6.45, 7) is 3.53. The van der Waals surface area contributed by atoms with Crippen molar-refractivity contribution < 1.29 is 9.53 Å². The van der Waals surface area contributed by atoms with Crippen molar-refractivity contribution in [2.75, 3.05) is 20.2 Å². The second-order valence-electron chi connectivity index (χ2n) is 3.31. The van der Waals surface area contributed by atoms with E-state index in [0.717, 1.165) is 13.0 Å². The SMILES string of the molecule is CCC(=O)OC[C@H]1CCCN1C. The van der Waals surface area contributed by atoms with Crippen molar-refractivity contribution in [1.82, 2.24) is 4.90 Å². The van der Waals surface area contributed by atoms with E-state index in [9.17, 15) is 4.79 Å². The Bertz CT molecular complexity index is 159. The van der Waals surface area contributed by atoms with Crippen molar-refractivity contribution in [3.8, 4) is 0 Å². The topological polar surface area (TPSA) is 29.5 Å². The molecule has 70 valence electrons. The molecule has 1 aliphatic heterocycles. The Morgan fingerprint density at radius 2 is 2.42 bits per heavy atom. The van der Waals surface area contributed by atoms with Crippen molar-refractivity contribution >= 4 is 5.97 Å².